The van der Waals surface area contributed by atoms with Crippen molar-refractivity contribution in [1.82, 2.24) is 14.7 Å². The zero-order chi connectivity index (χ0) is 27.2. The molecule has 0 amide bonds. The molecule has 0 saturated carbocycles. The second-order valence-corrected chi connectivity index (χ2v) is 10.4. The van der Waals surface area contributed by atoms with Crippen LogP contribution in [0.15, 0.2) is 43.0 Å². The first-order chi connectivity index (χ1) is 18.0. The van der Waals surface area contributed by atoms with E-state index in [0.29, 0.717) is 44.7 Å². The van der Waals surface area contributed by atoms with Crippen molar-refractivity contribution in [3.05, 3.63) is 70.1 Å². The maximum Gasteiger partial charge on any atom is 0.433 e. The van der Waals surface area contributed by atoms with Crippen molar-refractivity contribution < 1.29 is 27.4 Å². The van der Waals surface area contributed by atoms with Crippen LogP contribution in [-0.2, 0) is 16.5 Å². The molecule has 2 saturated heterocycles. The number of aromatic nitrogens is 2. The van der Waals surface area contributed by atoms with Gasteiger partial charge in [-0.1, -0.05) is 29.8 Å². The quantitative estimate of drug-likeness (QED) is 0.204. The average Bonchev–Trinajstić information content (AvgIpc) is 3.49. The largest absolute Gasteiger partial charge is 0.433 e. The normalized spacial score (nSPS) is 22.2. The summed E-state index contributed by atoms with van der Waals surface area (Å²) in [6.45, 7) is 4.87. The highest BCUT2D eigenvalue weighted by Gasteiger charge is 2.45. The van der Waals surface area contributed by atoms with Gasteiger partial charge < -0.3 is 15.2 Å². The van der Waals surface area contributed by atoms with Gasteiger partial charge in [0, 0.05) is 42.9 Å². The summed E-state index contributed by atoms with van der Waals surface area (Å²) < 4.78 is 64.1. The minimum absolute atomic E-state index is 0.0225. The van der Waals surface area contributed by atoms with Crippen LogP contribution in [0.4, 0.5) is 23.2 Å². The van der Waals surface area contributed by atoms with Crippen LogP contribution in [0.25, 0.3) is 10.9 Å². The molecule has 38 heavy (non-hydrogen) atoms. The van der Waals surface area contributed by atoms with Crippen LogP contribution in [-0.4, -0.2) is 52.3 Å². The van der Waals surface area contributed by atoms with Crippen molar-refractivity contribution in [2.45, 2.75) is 43.2 Å². The van der Waals surface area contributed by atoms with Crippen molar-refractivity contribution in [3.63, 3.8) is 0 Å². The molecule has 2 atom stereocenters. The number of hydrogen-bond donors (Lipinski definition) is 2. The van der Waals surface area contributed by atoms with Gasteiger partial charge in [0.15, 0.2) is 5.69 Å². The number of nitrogens with one attached hydrogen (secondary N) is 1. The molecule has 0 radical (unpaired) electrons. The lowest BCUT2D eigenvalue weighted by atomic mass is 9.87. The fourth-order valence-corrected chi connectivity index (χ4v) is 5.97. The Morgan fingerprint density at radius 2 is 1.95 bits per heavy atom. The Bertz CT molecular complexity index is 1360. The number of likely N-dealkylation sites (tertiary alicyclic amines) is 1. The highest BCUT2D eigenvalue weighted by atomic mass is 35.5. The summed E-state index contributed by atoms with van der Waals surface area (Å²) in [5.74, 6) is -0.592. The number of halogens is 6. The molecule has 2 aliphatic rings. The van der Waals surface area contributed by atoms with Gasteiger partial charge in [-0.05, 0) is 55.7 Å². The van der Waals surface area contributed by atoms with Gasteiger partial charge in [-0.2, -0.15) is 18.3 Å². The standard InChI is InChI=1S/C26H26Cl2F4N4O2/c1-2-21(37)35-10-9-25(14-35,22-19(29)6-5-18(27)23(22)28)33-15-3-4-17-20(13-15)34-36(24(17)26(30,31)32)16-7-11-38-12-8-16/h2-6,13,16,21,33,37H,1,7-12,14H2/t21?,25-/m1/s1. The van der Waals surface area contributed by atoms with E-state index in [0.717, 1.165) is 4.68 Å². The fraction of sp³-hybridized carbons (Fsp3) is 0.423. The third-order valence-corrected chi connectivity index (χ3v) is 8.10. The van der Waals surface area contributed by atoms with Gasteiger partial charge in [0.2, 0.25) is 0 Å². The van der Waals surface area contributed by atoms with E-state index >= 15 is 4.39 Å². The van der Waals surface area contributed by atoms with Gasteiger partial charge in [-0.3, -0.25) is 9.58 Å². The van der Waals surface area contributed by atoms with E-state index in [4.69, 9.17) is 27.9 Å². The molecule has 5 rings (SSSR count). The van der Waals surface area contributed by atoms with Crippen LogP contribution >= 0.6 is 23.2 Å². The Hall–Kier alpha value is -2.37. The Balaban J connectivity index is 1.59. The van der Waals surface area contributed by atoms with E-state index in [2.05, 4.69) is 17.0 Å². The summed E-state index contributed by atoms with van der Waals surface area (Å²) in [7, 11) is 0. The highest BCUT2D eigenvalue weighted by Crippen LogP contribution is 2.44. The molecular formula is C26H26Cl2F4N4O2. The van der Waals surface area contributed by atoms with Crippen molar-refractivity contribution in [3.8, 4) is 0 Å². The van der Waals surface area contributed by atoms with E-state index in [1.807, 2.05) is 0 Å². The number of fused-ring (bicyclic) bond motifs is 1. The molecule has 1 unspecified atom stereocenters. The predicted octanol–water partition coefficient (Wildman–Crippen LogP) is 6.37. The Morgan fingerprint density at radius 1 is 1.21 bits per heavy atom. The Morgan fingerprint density at radius 3 is 2.63 bits per heavy atom. The smallest absolute Gasteiger partial charge is 0.381 e. The first-order valence-electron chi connectivity index (χ1n) is 12.2. The molecule has 6 nitrogen and oxygen atoms in total. The lowest BCUT2D eigenvalue weighted by Gasteiger charge is -2.34. The molecule has 204 valence electrons. The fourth-order valence-electron chi connectivity index (χ4n) is 5.48. The lowest BCUT2D eigenvalue weighted by Crippen LogP contribution is -2.42. The molecule has 3 aromatic rings. The van der Waals surface area contributed by atoms with E-state index in [1.54, 1.807) is 4.90 Å². The molecule has 2 fully saturated rings. The predicted molar refractivity (Wildman–Crippen MR) is 138 cm³/mol. The third kappa shape index (κ3) is 4.88. The van der Waals surface area contributed by atoms with E-state index in [-0.39, 0.29) is 33.1 Å². The van der Waals surface area contributed by atoms with Crippen LogP contribution < -0.4 is 5.32 Å². The number of benzene rings is 2. The minimum Gasteiger partial charge on any atom is -0.381 e. The molecule has 12 heteroatoms. The summed E-state index contributed by atoms with van der Waals surface area (Å²) in [6.07, 6.45) is -3.03. The second kappa shape index (κ2) is 10.3. The first kappa shape index (κ1) is 27.2. The van der Waals surface area contributed by atoms with Crippen LogP contribution in [0, 0.1) is 5.82 Å². The zero-order valence-corrected chi connectivity index (χ0v) is 21.8. The van der Waals surface area contributed by atoms with Crippen LogP contribution in [0.3, 0.4) is 0 Å². The average molecular weight is 573 g/mol. The van der Waals surface area contributed by atoms with Crippen LogP contribution in [0.2, 0.25) is 10.0 Å². The van der Waals surface area contributed by atoms with E-state index in [1.165, 1.54) is 36.4 Å². The number of aliphatic hydroxyl groups excluding tert-OH is 1. The maximum atomic E-state index is 15.3. The van der Waals surface area contributed by atoms with Gasteiger partial charge >= 0.3 is 6.18 Å². The number of nitrogens with zero attached hydrogens (tertiary/aromatic N) is 3. The second-order valence-electron chi connectivity index (χ2n) is 9.66. The Labute approximate surface area is 226 Å². The molecule has 2 aliphatic heterocycles. The minimum atomic E-state index is -4.60. The lowest BCUT2D eigenvalue weighted by molar-refractivity contribution is -0.144. The van der Waals surface area contributed by atoms with Crippen LogP contribution in [0.5, 0.6) is 0 Å². The van der Waals surface area contributed by atoms with Crippen molar-refractivity contribution in [2.75, 3.05) is 31.6 Å². The van der Waals surface area contributed by atoms with Crippen molar-refractivity contribution in [1.29, 1.82) is 0 Å². The molecule has 0 bridgehead atoms. The number of aliphatic hydroxyl groups is 1. The molecule has 0 aliphatic carbocycles. The zero-order valence-electron chi connectivity index (χ0n) is 20.2. The Kier molecular flexibility index (Phi) is 7.38. The number of ether oxygens (including phenoxy) is 1. The molecular weight excluding hydrogens is 547 g/mol. The first-order valence-corrected chi connectivity index (χ1v) is 12.9. The van der Waals surface area contributed by atoms with Crippen molar-refractivity contribution >= 4 is 39.8 Å². The van der Waals surface area contributed by atoms with E-state index < -0.39 is 35.5 Å². The number of hydrogen-bond acceptors (Lipinski definition) is 5. The molecule has 3 heterocycles. The molecule has 1 aromatic heterocycles. The van der Waals surface area contributed by atoms with Gasteiger partial charge in [-0.15, -0.1) is 0 Å². The SMILES string of the molecule is C=CC(O)N1CC[C@](Nc2ccc3c(C(F)(F)F)n(C4CCOCC4)nc3c2)(c2c(F)ccc(Cl)c2Cl)C1. The topological polar surface area (TPSA) is 62.5 Å². The number of anilines is 1. The summed E-state index contributed by atoms with van der Waals surface area (Å²) in [6, 6.07) is 6.55. The van der Waals surface area contributed by atoms with Gasteiger partial charge in [0.1, 0.15) is 12.0 Å². The van der Waals surface area contributed by atoms with Gasteiger partial charge in [0.25, 0.3) is 0 Å². The van der Waals surface area contributed by atoms with Crippen molar-refractivity contribution in [2.24, 2.45) is 0 Å². The van der Waals surface area contributed by atoms with Gasteiger partial charge in [-0.25, -0.2) is 4.39 Å². The highest BCUT2D eigenvalue weighted by molar-refractivity contribution is 6.42. The maximum absolute atomic E-state index is 15.3. The molecule has 2 aromatic carbocycles. The van der Waals surface area contributed by atoms with Gasteiger partial charge in [0.05, 0.1) is 27.1 Å². The summed E-state index contributed by atoms with van der Waals surface area (Å²) in [5, 5.41) is 18.2. The number of rotatable bonds is 6. The summed E-state index contributed by atoms with van der Waals surface area (Å²) >= 11 is 12.7. The monoisotopic (exact) mass is 572 g/mol. The summed E-state index contributed by atoms with van der Waals surface area (Å²) in [4.78, 5) is 1.69. The molecule has 2 N–H and O–H groups in total. The molecule has 0 spiro atoms. The number of alkyl halides is 3. The van der Waals surface area contributed by atoms with Crippen LogP contribution in [0.1, 0.15) is 36.6 Å². The third-order valence-electron chi connectivity index (χ3n) is 7.29. The summed E-state index contributed by atoms with van der Waals surface area (Å²) in [5.41, 5.74) is -1.24. The van der Waals surface area contributed by atoms with E-state index in [9.17, 15) is 18.3 Å².